The predicted octanol–water partition coefficient (Wildman–Crippen LogP) is 16.4. The van der Waals surface area contributed by atoms with Gasteiger partial charge in [-0.3, -0.25) is 4.57 Å². The van der Waals surface area contributed by atoms with Crippen LogP contribution in [0, 0.1) is 5.41 Å². The highest BCUT2D eigenvalue weighted by atomic mass is 16.5. The molecule has 8 aromatic rings. The molecule has 5 heteroatoms. The van der Waals surface area contributed by atoms with E-state index in [2.05, 4.69) is 262 Å². The van der Waals surface area contributed by atoms with Gasteiger partial charge in [0.1, 0.15) is 17.3 Å². The standard InChI is InChI=1S/C62H68N4O/c1-58(2,3)46-33-47(59(4,5)6)35-49(34-46)64-40-56(60(7,8)9)65(41-64)48-25-20-26-50(38-48)67-51-28-29-52-53-36-44(61(10,11)42-21-16-14-17-22-42)27-30-54(53)66(55(52)39-51)57-37-45(31-32-63-57)62(12,13)43-23-18-15-19-24-43/h14-40H,41H2,1-13H3. The number of ether oxygens (including phenoxy) is 1. The van der Waals surface area contributed by atoms with Crippen LogP contribution in [0.25, 0.3) is 27.6 Å². The van der Waals surface area contributed by atoms with E-state index in [9.17, 15) is 0 Å². The highest BCUT2D eigenvalue weighted by Gasteiger charge is 2.33. The van der Waals surface area contributed by atoms with Crippen LogP contribution in [0.5, 0.6) is 11.5 Å². The van der Waals surface area contributed by atoms with Crippen LogP contribution < -0.4 is 14.5 Å². The number of rotatable bonds is 9. The summed E-state index contributed by atoms with van der Waals surface area (Å²) in [5.74, 6) is 2.42. The Morgan fingerprint density at radius 3 is 1.63 bits per heavy atom. The van der Waals surface area contributed by atoms with Crippen LogP contribution in [0.1, 0.15) is 123 Å². The second-order valence-corrected chi connectivity index (χ2v) is 22.8. The molecule has 0 fully saturated rings. The maximum atomic E-state index is 6.89. The van der Waals surface area contributed by atoms with Crippen LogP contribution in [0.2, 0.25) is 0 Å². The molecule has 342 valence electrons. The summed E-state index contributed by atoms with van der Waals surface area (Å²) in [6.45, 7) is 30.6. The van der Waals surface area contributed by atoms with Gasteiger partial charge in [-0.05, 0) is 105 Å². The summed E-state index contributed by atoms with van der Waals surface area (Å²) in [4.78, 5) is 9.93. The zero-order chi connectivity index (χ0) is 47.7. The molecule has 0 bridgehead atoms. The van der Waals surface area contributed by atoms with Crippen molar-refractivity contribution in [1.29, 1.82) is 0 Å². The molecule has 9 rings (SSSR count). The average molecular weight is 885 g/mol. The van der Waals surface area contributed by atoms with E-state index < -0.39 is 0 Å². The normalized spacial score (nSPS) is 14.0. The Morgan fingerprint density at radius 2 is 1.03 bits per heavy atom. The lowest BCUT2D eigenvalue weighted by molar-refractivity contribution is 0.481. The topological polar surface area (TPSA) is 33.5 Å². The van der Waals surface area contributed by atoms with Gasteiger partial charge in [-0.25, -0.2) is 4.98 Å². The second-order valence-electron chi connectivity index (χ2n) is 22.8. The molecule has 0 amide bonds. The quantitative estimate of drug-likeness (QED) is 0.145. The van der Waals surface area contributed by atoms with E-state index in [1.165, 1.54) is 50.2 Å². The Kier molecular flexibility index (Phi) is 11.3. The summed E-state index contributed by atoms with van der Waals surface area (Å²) in [6.07, 6.45) is 4.31. The first-order valence-corrected chi connectivity index (χ1v) is 24.0. The summed E-state index contributed by atoms with van der Waals surface area (Å²) in [5.41, 5.74) is 12.9. The van der Waals surface area contributed by atoms with Crippen molar-refractivity contribution in [2.24, 2.45) is 5.41 Å². The fourth-order valence-electron chi connectivity index (χ4n) is 9.63. The van der Waals surface area contributed by atoms with E-state index in [0.717, 1.165) is 39.4 Å². The Hall–Kier alpha value is -6.59. The van der Waals surface area contributed by atoms with Gasteiger partial charge in [-0.15, -0.1) is 0 Å². The Morgan fingerprint density at radius 1 is 0.433 bits per heavy atom. The van der Waals surface area contributed by atoms with Crippen molar-refractivity contribution in [3.8, 4) is 17.3 Å². The predicted molar refractivity (Wildman–Crippen MR) is 283 cm³/mol. The van der Waals surface area contributed by atoms with E-state index in [1.54, 1.807) is 0 Å². The molecule has 1 aliphatic heterocycles. The lowest BCUT2D eigenvalue weighted by atomic mass is 9.78. The number of hydrogen-bond donors (Lipinski definition) is 0. The number of nitrogens with zero attached hydrogens (tertiary/aromatic N) is 4. The molecule has 0 atom stereocenters. The van der Waals surface area contributed by atoms with Crippen molar-refractivity contribution >= 4 is 33.2 Å². The number of allylic oxidation sites excluding steroid dienone is 1. The van der Waals surface area contributed by atoms with E-state index in [1.807, 2.05) is 6.20 Å². The van der Waals surface area contributed by atoms with Crippen LogP contribution in [0.15, 0.2) is 170 Å². The molecule has 0 N–H and O–H groups in total. The van der Waals surface area contributed by atoms with E-state index in [4.69, 9.17) is 9.72 Å². The minimum Gasteiger partial charge on any atom is -0.457 e. The lowest BCUT2D eigenvalue weighted by Gasteiger charge is -2.31. The van der Waals surface area contributed by atoms with E-state index in [-0.39, 0.29) is 27.1 Å². The van der Waals surface area contributed by atoms with Crippen molar-refractivity contribution in [2.75, 3.05) is 16.5 Å². The monoisotopic (exact) mass is 885 g/mol. The van der Waals surface area contributed by atoms with Gasteiger partial charge in [-0.1, -0.05) is 169 Å². The molecular formula is C62H68N4O. The summed E-state index contributed by atoms with van der Waals surface area (Å²) < 4.78 is 9.21. The van der Waals surface area contributed by atoms with Gasteiger partial charge in [0.25, 0.3) is 0 Å². The second kappa shape index (κ2) is 16.6. The Labute approximate surface area is 399 Å². The van der Waals surface area contributed by atoms with Gasteiger partial charge in [0, 0.05) is 68.6 Å². The molecule has 1 aliphatic rings. The summed E-state index contributed by atoms with van der Waals surface area (Å²) in [5, 5.41) is 2.33. The number of hydrogen-bond acceptors (Lipinski definition) is 4. The Bertz CT molecular complexity index is 3100. The molecule has 0 unspecified atom stereocenters. The molecule has 0 saturated heterocycles. The third kappa shape index (κ3) is 8.77. The molecule has 0 spiro atoms. The highest BCUT2D eigenvalue weighted by molar-refractivity contribution is 6.10. The first kappa shape index (κ1) is 45.6. The average Bonchev–Trinajstić information content (AvgIpc) is 3.90. The number of benzene rings is 6. The van der Waals surface area contributed by atoms with Crippen molar-refractivity contribution in [3.63, 3.8) is 0 Å². The third-order valence-corrected chi connectivity index (χ3v) is 14.1. The lowest BCUT2D eigenvalue weighted by Crippen LogP contribution is -2.30. The van der Waals surface area contributed by atoms with Gasteiger partial charge in [0.15, 0.2) is 0 Å². The van der Waals surface area contributed by atoms with E-state index in [0.29, 0.717) is 6.67 Å². The minimum atomic E-state index is -0.232. The SMILES string of the molecule is CC(C)(C)C1=CN(c2cc(C(C)(C)C)cc(C(C)(C)C)c2)CN1c1cccc(Oc2ccc3c4cc(C(C)(C)c5ccccc5)ccc4n(-c4cc(C(C)(C)c5ccccc5)ccn4)c3c2)c1. The summed E-state index contributed by atoms with van der Waals surface area (Å²) >= 11 is 0. The molecule has 67 heavy (non-hydrogen) atoms. The fraction of sp³-hybridized carbons (Fsp3) is 0.306. The maximum absolute atomic E-state index is 6.89. The van der Waals surface area contributed by atoms with Crippen LogP contribution in [0.3, 0.4) is 0 Å². The van der Waals surface area contributed by atoms with Gasteiger partial charge >= 0.3 is 0 Å². The van der Waals surface area contributed by atoms with Crippen LogP contribution >= 0.6 is 0 Å². The number of aromatic nitrogens is 2. The largest absolute Gasteiger partial charge is 0.457 e. The van der Waals surface area contributed by atoms with Gasteiger partial charge < -0.3 is 14.5 Å². The molecule has 3 heterocycles. The van der Waals surface area contributed by atoms with Crippen molar-refractivity contribution in [3.05, 3.63) is 203 Å². The molecule has 2 aromatic heterocycles. The van der Waals surface area contributed by atoms with Crippen LogP contribution in [0.4, 0.5) is 11.4 Å². The van der Waals surface area contributed by atoms with Gasteiger partial charge in [-0.2, -0.15) is 0 Å². The number of fused-ring (bicyclic) bond motifs is 3. The molecule has 6 aromatic carbocycles. The van der Waals surface area contributed by atoms with Gasteiger partial charge in [0.05, 0.1) is 17.7 Å². The minimum absolute atomic E-state index is 0.0249. The first-order chi connectivity index (χ1) is 31.6. The summed E-state index contributed by atoms with van der Waals surface area (Å²) in [7, 11) is 0. The summed E-state index contributed by atoms with van der Waals surface area (Å²) in [6, 6.07) is 55.1. The van der Waals surface area contributed by atoms with Crippen molar-refractivity contribution < 1.29 is 4.74 Å². The molecule has 5 nitrogen and oxygen atoms in total. The highest BCUT2D eigenvalue weighted by Crippen LogP contribution is 2.43. The molecule has 0 aliphatic carbocycles. The molecule has 0 radical (unpaired) electrons. The maximum Gasteiger partial charge on any atom is 0.137 e. The van der Waals surface area contributed by atoms with Crippen LogP contribution in [-0.4, -0.2) is 16.2 Å². The number of pyridine rings is 1. The molecular weight excluding hydrogens is 817 g/mol. The van der Waals surface area contributed by atoms with Crippen molar-refractivity contribution in [2.45, 2.75) is 112 Å². The fourth-order valence-corrected chi connectivity index (χ4v) is 9.63. The van der Waals surface area contributed by atoms with Crippen LogP contribution in [-0.2, 0) is 21.7 Å². The zero-order valence-corrected chi connectivity index (χ0v) is 42.0. The van der Waals surface area contributed by atoms with Gasteiger partial charge in [0.2, 0.25) is 0 Å². The van der Waals surface area contributed by atoms with Crippen molar-refractivity contribution in [1.82, 2.24) is 9.55 Å². The molecule has 0 saturated carbocycles. The van der Waals surface area contributed by atoms with E-state index >= 15 is 0 Å². The smallest absolute Gasteiger partial charge is 0.137 e. The third-order valence-electron chi connectivity index (χ3n) is 14.1. The number of anilines is 2. The Balaban J connectivity index is 1.11. The first-order valence-electron chi connectivity index (χ1n) is 24.0. The zero-order valence-electron chi connectivity index (χ0n) is 42.0.